The first-order chi connectivity index (χ1) is 7.83. The SMILES string of the molecule is CCN(C(=O)c1cccs1)c1ccccc1.Cl.Cl. The van der Waals surface area contributed by atoms with Crippen LogP contribution in [-0.4, -0.2) is 12.5 Å². The Bertz CT molecular complexity index is 459. The number of halogens is 2. The van der Waals surface area contributed by atoms with Crippen LogP contribution in [0.1, 0.15) is 16.6 Å². The zero-order valence-electron chi connectivity index (χ0n) is 9.91. The van der Waals surface area contributed by atoms with Crippen LogP contribution in [0.4, 0.5) is 5.69 Å². The van der Waals surface area contributed by atoms with Gasteiger partial charge in [0.2, 0.25) is 0 Å². The molecule has 0 saturated heterocycles. The van der Waals surface area contributed by atoms with E-state index in [1.807, 2.05) is 54.8 Å². The third kappa shape index (κ3) is 3.73. The van der Waals surface area contributed by atoms with Crippen LogP contribution in [0.15, 0.2) is 47.8 Å². The summed E-state index contributed by atoms with van der Waals surface area (Å²) in [5.41, 5.74) is 0.948. The molecule has 0 radical (unpaired) electrons. The van der Waals surface area contributed by atoms with Gasteiger partial charge in [-0.25, -0.2) is 0 Å². The van der Waals surface area contributed by atoms with Crippen molar-refractivity contribution in [1.29, 1.82) is 0 Å². The van der Waals surface area contributed by atoms with E-state index in [9.17, 15) is 4.79 Å². The van der Waals surface area contributed by atoms with Crippen molar-refractivity contribution in [2.45, 2.75) is 6.92 Å². The second-order valence-corrected chi connectivity index (χ2v) is 4.31. The molecule has 0 aliphatic carbocycles. The van der Waals surface area contributed by atoms with Crippen LogP contribution in [-0.2, 0) is 0 Å². The average Bonchev–Trinajstić information content (AvgIpc) is 2.85. The van der Waals surface area contributed by atoms with Crippen LogP contribution in [0.3, 0.4) is 0 Å². The predicted molar refractivity (Wildman–Crippen MR) is 82.6 cm³/mol. The number of hydrogen-bond donors (Lipinski definition) is 0. The second kappa shape index (κ2) is 8.14. The maximum atomic E-state index is 12.2. The standard InChI is InChI=1S/C13H13NOS.2ClH/c1-2-14(11-7-4-3-5-8-11)13(15)12-9-6-10-16-12;;/h3-10H,2H2,1H3;2*1H. The highest BCUT2D eigenvalue weighted by molar-refractivity contribution is 7.12. The van der Waals surface area contributed by atoms with Crippen molar-refractivity contribution in [3.05, 3.63) is 52.7 Å². The van der Waals surface area contributed by atoms with E-state index >= 15 is 0 Å². The van der Waals surface area contributed by atoms with Crippen LogP contribution >= 0.6 is 36.2 Å². The smallest absolute Gasteiger partial charge is 0.268 e. The van der Waals surface area contributed by atoms with E-state index in [0.29, 0.717) is 6.54 Å². The molecule has 1 amide bonds. The first-order valence-corrected chi connectivity index (χ1v) is 6.11. The summed E-state index contributed by atoms with van der Waals surface area (Å²) in [6, 6.07) is 13.5. The molecule has 0 fully saturated rings. The lowest BCUT2D eigenvalue weighted by Gasteiger charge is -2.20. The molecule has 1 heterocycles. The minimum Gasteiger partial charge on any atom is -0.308 e. The summed E-state index contributed by atoms with van der Waals surface area (Å²) >= 11 is 1.48. The van der Waals surface area contributed by atoms with Crippen molar-refractivity contribution in [2.75, 3.05) is 11.4 Å². The van der Waals surface area contributed by atoms with E-state index in [0.717, 1.165) is 10.6 Å². The van der Waals surface area contributed by atoms with Crippen molar-refractivity contribution < 1.29 is 4.79 Å². The molecule has 98 valence electrons. The molecule has 1 aromatic carbocycles. The lowest BCUT2D eigenvalue weighted by atomic mass is 10.2. The number of thiophene rings is 1. The van der Waals surface area contributed by atoms with Gasteiger partial charge in [0, 0.05) is 12.2 Å². The summed E-state index contributed by atoms with van der Waals surface area (Å²) in [6.07, 6.45) is 0. The van der Waals surface area contributed by atoms with Crippen LogP contribution in [0.25, 0.3) is 0 Å². The van der Waals surface area contributed by atoms with Gasteiger partial charge in [0.1, 0.15) is 0 Å². The van der Waals surface area contributed by atoms with Gasteiger partial charge in [-0.3, -0.25) is 4.79 Å². The van der Waals surface area contributed by atoms with Crippen LogP contribution < -0.4 is 4.90 Å². The van der Waals surface area contributed by atoms with Crippen LogP contribution in [0.5, 0.6) is 0 Å². The summed E-state index contributed by atoms with van der Waals surface area (Å²) in [4.78, 5) is 14.7. The minimum atomic E-state index is 0. The van der Waals surface area contributed by atoms with E-state index in [-0.39, 0.29) is 30.7 Å². The van der Waals surface area contributed by atoms with Gasteiger partial charge in [-0.1, -0.05) is 24.3 Å². The van der Waals surface area contributed by atoms with Crippen molar-refractivity contribution in [3.63, 3.8) is 0 Å². The van der Waals surface area contributed by atoms with E-state index in [2.05, 4.69) is 0 Å². The summed E-state index contributed by atoms with van der Waals surface area (Å²) < 4.78 is 0. The Labute approximate surface area is 123 Å². The number of para-hydroxylation sites is 1. The number of hydrogen-bond acceptors (Lipinski definition) is 2. The van der Waals surface area contributed by atoms with Crippen molar-refractivity contribution in [2.24, 2.45) is 0 Å². The number of carbonyl (C=O) groups is 1. The number of carbonyl (C=O) groups excluding carboxylic acids is 1. The molecule has 0 aliphatic heterocycles. The molecule has 0 atom stereocenters. The summed E-state index contributed by atoms with van der Waals surface area (Å²) in [7, 11) is 0. The molecule has 0 spiro atoms. The van der Waals surface area contributed by atoms with E-state index in [1.54, 1.807) is 4.90 Å². The fourth-order valence-corrected chi connectivity index (χ4v) is 2.26. The molecule has 2 rings (SSSR count). The van der Waals surface area contributed by atoms with E-state index in [1.165, 1.54) is 11.3 Å². The highest BCUT2D eigenvalue weighted by Gasteiger charge is 2.16. The molecule has 2 aromatic rings. The fourth-order valence-electron chi connectivity index (χ4n) is 1.58. The molecule has 0 bridgehead atoms. The maximum Gasteiger partial charge on any atom is 0.268 e. The van der Waals surface area contributed by atoms with E-state index in [4.69, 9.17) is 0 Å². The third-order valence-electron chi connectivity index (χ3n) is 2.36. The van der Waals surface area contributed by atoms with Crippen molar-refractivity contribution in [3.8, 4) is 0 Å². The molecule has 1 aromatic heterocycles. The number of rotatable bonds is 3. The van der Waals surface area contributed by atoms with Gasteiger partial charge < -0.3 is 4.90 Å². The van der Waals surface area contributed by atoms with Crippen LogP contribution in [0, 0.1) is 0 Å². The average molecular weight is 304 g/mol. The highest BCUT2D eigenvalue weighted by Crippen LogP contribution is 2.18. The Hall–Kier alpha value is -1.03. The molecular formula is C13H15Cl2NOS. The summed E-state index contributed by atoms with van der Waals surface area (Å²) in [5, 5.41) is 1.92. The molecule has 0 aliphatic rings. The summed E-state index contributed by atoms with van der Waals surface area (Å²) in [6.45, 7) is 2.67. The number of anilines is 1. The normalized spacial score (nSPS) is 8.94. The van der Waals surface area contributed by atoms with Gasteiger partial charge >= 0.3 is 0 Å². The minimum absolute atomic E-state index is 0. The Morgan fingerprint density at radius 2 is 1.78 bits per heavy atom. The Morgan fingerprint density at radius 3 is 2.28 bits per heavy atom. The number of amides is 1. The Balaban J connectivity index is 0.00000144. The monoisotopic (exact) mass is 303 g/mol. The molecule has 2 nitrogen and oxygen atoms in total. The van der Waals surface area contributed by atoms with Gasteiger partial charge in [0.05, 0.1) is 4.88 Å². The molecule has 5 heteroatoms. The quantitative estimate of drug-likeness (QED) is 0.829. The third-order valence-corrected chi connectivity index (χ3v) is 3.22. The fraction of sp³-hybridized carbons (Fsp3) is 0.154. The molecular weight excluding hydrogens is 289 g/mol. The van der Waals surface area contributed by atoms with Crippen molar-refractivity contribution in [1.82, 2.24) is 0 Å². The first kappa shape index (κ1) is 17.0. The topological polar surface area (TPSA) is 20.3 Å². The first-order valence-electron chi connectivity index (χ1n) is 5.23. The molecule has 0 unspecified atom stereocenters. The van der Waals surface area contributed by atoms with Gasteiger partial charge in [0.15, 0.2) is 0 Å². The lowest BCUT2D eigenvalue weighted by Crippen LogP contribution is -2.29. The maximum absolute atomic E-state index is 12.2. The highest BCUT2D eigenvalue weighted by atomic mass is 35.5. The molecule has 18 heavy (non-hydrogen) atoms. The predicted octanol–water partition coefficient (Wildman–Crippen LogP) is 4.26. The lowest BCUT2D eigenvalue weighted by molar-refractivity contribution is 0.0992. The zero-order valence-corrected chi connectivity index (χ0v) is 12.4. The number of nitrogens with zero attached hydrogens (tertiary/aromatic N) is 1. The van der Waals surface area contributed by atoms with Crippen molar-refractivity contribution >= 4 is 47.7 Å². The number of benzene rings is 1. The van der Waals surface area contributed by atoms with E-state index < -0.39 is 0 Å². The van der Waals surface area contributed by atoms with Gasteiger partial charge in [-0.15, -0.1) is 36.2 Å². The second-order valence-electron chi connectivity index (χ2n) is 3.36. The zero-order chi connectivity index (χ0) is 11.4. The molecule has 0 N–H and O–H groups in total. The van der Waals surface area contributed by atoms with Gasteiger partial charge in [0.25, 0.3) is 5.91 Å². The van der Waals surface area contributed by atoms with Gasteiger partial charge in [-0.2, -0.15) is 0 Å². The van der Waals surface area contributed by atoms with Crippen LogP contribution in [0.2, 0.25) is 0 Å². The Morgan fingerprint density at radius 1 is 1.11 bits per heavy atom. The Kier molecular flexibility index (Phi) is 7.67. The molecule has 0 saturated carbocycles. The largest absolute Gasteiger partial charge is 0.308 e. The van der Waals surface area contributed by atoms with Gasteiger partial charge in [-0.05, 0) is 30.5 Å². The summed E-state index contributed by atoms with van der Waals surface area (Å²) in [5.74, 6) is 0.0729.